The molecule has 0 saturated heterocycles. The number of rotatable bonds is 7. The van der Waals surface area contributed by atoms with Crippen molar-refractivity contribution in [2.75, 3.05) is 12.4 Å². The minimum absolute atomic E-state index is 0.194. The van der Waals surface area contributed by atoms with E-state index < -0.39 is 14.6 Å². The van der Waals surface area contributed by atoms with E-state index in [-0.39, 0.29) is 11.7 Å². The minimum Gasteiger partial charge on any atom is -0.466 e. The third-order valence-electron chi connectivity index (χ3n) is 2.53. The predicted molar refractivity (Wildman–Crippen MR) is 68.6 cm³/mol. The third-order valence-corrected chi connectivity index (χ3v) is 5.22. The van der Waals surface area contributed by atoms with Crippen LogP contribution >= 0.6 is 0 Å². The molecule has 5 heteroatoms. The number of carbonyl (C=O) groups is 1. The van der Waals surface area contributed by atoms with Gasteiger partial charge in [0.15, 0.2) is 9.84 Å². The molecule has 102 valence electrons. The molecule has 0 aromatic rings. The molecule has 0 aliphatic carbocycles. The maximum atomic E-state index is 11.8. The van der Waals surface area contributed by atoms with E-state index >= 15 is 0 Å². The maximum absolute atomic E-state index is 11.8. The normalized spacial score (nSPS) is 12.5. The van der Waals surface area contributed by atoms with Crippen molar-refractivity contribution in [3.05, 3.63) is 0 Å². The van der Waals surface area contributed by atoms with Crippen LogP contribution in [0.2, 0.25) is 0 Å². The van der Waals surface area contributed by atoms with Crippen molar-refractivity contribution < 1.29 is 17.9 Å². The lowest BCUT2D eigenvalue weighted by atomic mass is 10.2. The Kier molecular flexibility index (Phi) is 6.75. The molecule has 0 bridgehead atoms. The van der Waals surface area contributed by atoms with Crippen LogP contribution in [0.15, 0.2) is 0 Å². The summed E-state index contributed by atoms with van der Waals surface area (Å²) < 4.78 is 27.6. The quantitative estimate of drug-likeness (QED) is 0.523. The van der Waals surface area contributed by atoms with Crippen molar-refractivity contribution in [2.24, 2.45) is 0 Å². The molecule has 0 atom stereocenters. The Morgan fingerprint density at radius 1 is 1.12 bits per heavy atom. The summed E-state index contributed by atoms with van der Waals surface area (Å²) in [6.45, 7) is 7.30. The number of hydrogen-bond donors (Lipinski definition) is 0. The van der Waals surface area contributed by atoms with Crippen LogP contribution in [0.5, 0.6) is 0 Å². The van der Waals surface area contributed by atoms with E-state index in [0.29, 0.717) is 25.9 Å². The molecule has 0 amide bonds. The van der Waals surface area contributed by atoms with Crippen LogP contribution in [0.25, 0.3) is 0 Å². The molecule has 4 nitrogen and oxygen atoms in total. The van der Waals surface area contributed by atoms with Gasteiger partial charge >= 0.3 is 5.97 Å². The van der Waals surface area contributed by atoms with Crippen LogP contribution in [0.4, 0.5) is 0 Å². The van der Waals surface area contributed by atoms with Gasteiger partial charge in [-0.25, -0.2) is 8.42 Å². The number of esters is 1. The number of ether oxygens (including phenoxy) is 1. The number of carbonyl (C=O) groups excluding carboxylic acids is 1. The van der Waals surface area contributed by atoms with Crippen LogP contribution in [-0.4, -0.2) is 31.5 Å². The average Bonchev–Trinajstić information content (AvgIpc) is 2.15. The third kappa shape index (κ3) is 6.66. The Hall–Kier alpha value is -0.580. The Bertz CT molecular complexity index is 325. The molecular formula is C12H24O4S. The zero-order valence-electron chi connectivity index (χ0n) is 11.3. The first-order valence-corrected chi connectivity index (χ1v) is 7.74. The second-order valence-electron chi connectivity index (χ2n) is 5.05. The van der Waals surface area contributed by atoms with Gasteiger partial charge in [-0.2, -0.15) is 0 Å². The molecule has 0 spiro atoms. The lowest BCUT2D eigenvalue weighted by Gasteiger charge is -2.18. The zero-order chi connectivity index (χ0) is 13.5. The molecule has 0 aromatic heterocycles. The molecule has 0 radical (unpaired) electrons. The fourth-order valence-electron chi connectivity index (χ4n) is 1.28. The Morgan fingerprint density at radius 2 is 1.71 bits per heavy atom. The first-order chi connectivity index (χ1) is 7.70. The van der Waals surface area contributed by atoms with E-state index in [1.165, 1.54) is 0 Å². The maximum Gasteiger partial charge on any atom is 0.305 e. The van der Waals surface area contributed by atoms with Crippen molar-refractivity contribution in [1.29, 1.82) is 0 Å². The summed E-state index contributed by atoms with van der Waals surface area (Å²) in [6.07, 6.45) is 2.43. The summed E-state index contributed by atoms with van der Waals surface area (Å²) in [7, 11) is -3.02. The van der Waals surface area contributed by atoms with Crippen LogP contribution in [0, 0.1) is 0 Å². The minimum atomic E-state index is -3.02. The second kappa shape index (κ2) is 6.99. The van der Waals surface area contributed by atoms with E-state index in [0.717, 1.165) is 6.42 Å². The predicted octanol–water partition coefficient (Wildman–Crippen LogP) is 2.32. The van der Waals surface area contributed by atoms with Crippen molar-refractivity contribution in [3.8, 4) is 0 Å². The van der Waals surface area contributed by atoms with Gasteiger partial charge in [-0.15, -0.1) is 0 Å². The zero-order valence-corrected chi connectivity index (χ0v) is 12.1. The SMILES string of the molecule is CCOC(=O)CCCCCS(=O)(=O)C(C)(C)C. The van der Waals surface area contributed by atoms with Gasteiger partial charge in [-0.3, -0.25) is 4.79 Å². The molecule has 0 aliphatic rings. The van der Waals surface area contributed by atoms with E-state index in [2.05, 4.69) is 0 Å². The van der Waals surface area contributed by atoms with Crippen molar-refractivity contribution in [3.63, 3.8) is 0 Å². The largest absolute Gasteiger partial charge is 0.466 e. The van der Waals surface area contributed by atoms with Crippen LogP contribution in [0.1, 0.15) is 53.4 Å². The average molecular weight is 264 g/mol. The molecule has 0 fully saturated rings. The smallest absolute Gasteiger partial charge is 0.305 e. The van der Waals surface area contributed by atoms with Crippen molar-refractivity contribution >= 4 is 15.8 Å². The molecule has 0 aliphatic heterocycles. The monoisotopic (exact) mass is 264 g/mol. The van der Waals surface area contributed by atoms with Gasteiger partial charge < -0.3 is 4.74 Å². The van der Waals surface area contributed by atoms with Gasteiger partial charge in [0.25, 0.3) is 0 Å². The molecule has 0 aromatic carbocycles. The fourth-order valence-corrected chi connectivity index (χ4v) is 2.47. The first kappa shape index (κ1) is 16.4. The molecule has 17 heavy (non-hydrogen) atoms. The molecule has 0 heterocycles. The molecule has 0 saturated carbocycles. The summed E-state index contributed by atoms with van der Waals surface area (Å²) in [5.41, 5.74) is 0. The van der Waals surface area contributed by atoms with Crippen LogP contribution in [-0.2, 0) is 19.4 Å². The topological polar surface area (TPSA) is 60.4 Å². The van der Waals surface area contributed by atoms with E-state index in [4.69, 9.17) is 4.74 Å². The summed E-state index contributed by atoms with van der Waals surface area (Å²) in [5.74, 6) is -0.00884. The van der Waals surface area contributed by atoms with Gasteiger partial charge in [0.1, 0.15) is 0 Å². The van der Waals surface area contributed by atoms with Gasteiger partial charge in [-0.05, 0) is 40.5 Å². The van der Waals surface area contributed by atoms with Gasteiger partial charge in [0.05, 0.1) is 17.1 Å². The Balaban J connectivity index is 3.77. The highest BCUT2D eigenvalue weighted by molar-refractivity contribution is 7.92. The van der Waals surface area contributed by atoms with Crippen LogP contribution < -0.4 is 0 Å². The lowest BCUT2D eigenvalue weighted by Crippen LogP contribution is -2.30. The fraction of sp³-hybridized carbons (Fsp3) is 0.917. The molecular weight excluding hydrogens is 240 g/mol. The van der Waals surface area contributed by atoms with Crippen LogP contribution in [0.3, 0.4) is 0 Å². The first-order valence-electron chi connectivity index (χ1n) is 6.08. The van der Waals surface area contributed by atoms with Crippen molar-refractivity contribution in [1.82, 2.24) is 0 Å². The molecule has 0 unspecified atom stereocenters. The van der Waals surface area contributed by atoms with Gasteiger partial charge in [-0.1, -0.05) is 6.42 Å². The molecule has 0 N–H and O–H groups in total. The summed E-state index contributed by atoms with van der Waals surface area (Å²) in [6, 6.07) is 0. The highest BCUT2D eigenvalue weighted by atomic mass is 32.2. The Morgan fingerprint density at radius 3 is 2.18 bits per heavy atom. The van der Waals surface area contributed by atoms with Gasteiger partial charge in [0.2, 0.25) is 0 Å². The van der Waals surface area contributed by atoms with Gasteiger partial charge in [0, 0.05) is 6.42 Å². The number of hydrogen-bond acceptors (Lipinski definition) is 4. The van der Waals surface area contributed by atoms with E-state index in [1.54, 1.807) is 27.7 Å². The lowest BCUT2D eigenvalue weighted by molar-refractivity contribution is -0.143. The standard InChI is InChI=1S/C12H24O4S/c1-5-16-11(13)9-7-6-8-10-17(14,15)12(2,3)4/h5-10H2,1-4H3. The van der Waals surface area contributed by atoms with Crippen molar-refractivity contribution in [2.45, 2.75) is 58.1 Å². The summed E-state index contributed by atoms with van der Waals surface area (Å²) in [4.78, 5) is 11.0. The van der Waals surface area contributed by atoms with E-state index in [1.807, 2.05) is 0 Å². The summed E-state index contributed by atoms with van der Waals surface area (Å²) in [5, 5.41) is 0. The second-order valence-corrected chi connectivity index (χ2v) is 7.91. The summed E-state index contributed by atoms with van der Waals surface area (Å²) >= 11 is 0. The van der Waals surface area contributed by atoms with E-state index in [9.17, 15) is 13.2 Å². The highest BCUT2D eigenvalue weighted by Gasteiger charge is 2.27. The number of sulfone groups is 1. The molecule has 0 rings (SSSR count). The highest BCUT2D eigenvalue weighted by Crippen LogP contribution is 2.17. The number of unbranched alkanes of at least 4 members (excludes halogenated alkanes) is 2. The Labute approximate surface area is 105 Å².